The van der Waals surface area contributed by atoms with Gasteiger partial charge in [0.25, 0.3) is 10.1 Å². The zero-order chi connectivity index (χ0) is 15.5. The number of aliphatic hydroxyl groups excluding tert-OH is 2. The van der Waals surface area contributed by atoms with Crippen molar-refractivity contribution in [3.8, 4) is 0 Å². The van der Waals surface area contributed by atoms with Crippen LogP contribution in [0, 0.1) is 0 Å². The van der Waals surface area contributed by atoms with Gasteiger partial charge in [0, 0.05) is 14.0 Å². The molecule has 0 radical (unpaired) electrons. The first-order chi connectivity index (χ1) is 9.15. The minimum absolute atomic E-state index is 0.433. The third-order valence-electron chi connectivity index (χ3n) is 2.75. The van der Waals surface area contributed by atoms with Gasteiger partial charge in [-0.25, -0.2) is 0 Å². The first-order valence-electron chi connectivity index (χ1n) is 5.81. The molecule has 1 amide bonds. The van der Waals surface area contributed by atoms with Gasteiger partial charge in [-0.15, -0.1) is 0 Å². The van der Waals surface area contributed by atoms with Crippen molar-refractivity contribution in [1.29, 1.82) is 0 Å². The van der Waals surface area contributed by atoms with Crippen LogP contribution in [0.4, 0.5) is 0 Å². The Labute approximate surface area is 116 Å². The molecule has 0 bridgehead atoms. The summed E-state index contributed by atoms with van der Waals surface area (Å²) in [6.07, 6.45) is -4.10. The third-order valence-corrected chi connectivity index (χ3v) is 3.31. The van der Waals surface area contributed by atoms with Crippen LogP contribution in [0.1, 0.15) is 6.92 Å². The van der Waals surface area contributed by atoms with Gasteiger partial charge < -0.3 is 25.0 Å². The van der Waals surface area contributed by atoms with Crippen LogP contribution in [-0.2, 0) is 28.6 Å². The topological polar surface area (TPSA) is 131 Å². The van der Waals surface area contributed by atoms with Gasteiger partial charge in [0.1, 0.15) is 24.4 Å². The zero-order valence-corrected chi connectivity index (χ0v) is 12.2. The Morgan fingerprint density at radius 3 is 2.40 bits per heavy atom. The first kappa shape index (κ1) is 17.3. The maximum Gasteiger partial charge on any atom is 0.264 e. The molecule has 0 aliphatic carbocycles. The number of carbonyl (C=O) groups excluding carboxylic acids is 1. The summed E-state index contributed by atoms with van der Waals surface area (Å²) >= 11 is 0. The highest BCUT2D eigenvalue weighted by atomic mass is 32.2. The van der Waals surface area contributed by atoms with Crippen LogP contribution >= 0.6 is 0 Å². The van der Waals surface area contributed by atoms with Crippen LogP contribution in [0.2, 0.25) is 0 Å². The summed E-state index contributed by atoms with van der Waals surface area (Å²) in [7, 11) is -2.41. The molecule has 1 aliphatic rings. The summed E-state index contributed by atoms with van der Waals surface area (Å²) in [5, 5.41) is 22.2. The number of nitrogens with one attached hydrogen (secondary N) is 1. The summed E-state index contributed by atoms with van der Waals surface area (Å²) in [4.78, 5) is 11.0. The summed E-state index contributed by atoms with van der Waals surface area (Å²) < 4.78 is 36.6. The Hall–Kier alpha value is -0.780. The molecule has 0 saturated carbocycles. The SMILES string of the molecule is CO[C@H]1O[C@H](COS(C)(=O)=O)[C@@H](O)[C@H](O)[C@H]1NC(C)=O. The van der Waals surface area contributed by atoms with E-state index in [1.807, 2.05) is 0 Å². The van der Waals surface area contributed by atoms with Crippen LogP contribution < -0.4 is 5.32 Å². The molecule has 1 rings (SSSR count). The molecule has 0 aromatic heterocycles. The second-order valence-electron chi connectivity index (χ2n) is 4.47. The molecule has 1 saturated heterocycles. The van der Waals surface area contributed by atoms with Gasteiger partial charge in [0.2, 0.25) is 5.91 Å². The molecule has 0 spiro atoms. The number of hydrogen-bond acceptors (Lipinski definition) is 8. The van der Waals surface area contributed by atoms with Crippen molar-refractivity contribution in [1.82, 2.24) is 5.32 Å². The molecule has 0 aromatic carbocycles. The Morgan fingerprint density at radius 1 is 1.35 bits per heavy atom. The Balaban J connectivity index is 2.77. The van der Waals surface area contributed by atoms with Crippen molar-refractivity contribution in [2.24, 2.45) is 0 Å². The average Bonchev–Trinajstić information content (AvgIpc) is 2.32. The Bertz CT molecular complexity index is 437. The highest BCUT2D eigenvalue weighted by Gasteiger charge is 2.45. The van der Waals surface area contributed by atoms with Gasteiger partial charge in [-0.2, -0.15) is 8.42 Å². The van der Waals surface area contributed by atoms with E-state index >= 15 is 0 Å². The van der Waals surface area contributed by atoms with Crippen LogP contribution in [0.15, 0.2) is 0 Å². The summed E-state index contributed by atoms with van der Waals surface area (Å²) in [6.45, 7) is 0.772. The average molecular weight is 313 g/mol. The van der Waals surface area contributed by atoms with Gasteiger partial charge in [-0.05, 0) is 0 Å². The van der Waals surface area contributed by atoms with Crippen molar-refractivity contribution in [3.05, 3.63) is 0 Å². The lowest BCUT2D eigenvalue weighted by Crippen LogP contribution is -2.64. The van der Waals surface area contributed by atoms with E-state index in [4.69, 9.17) is 9.47 Å². The fourth-order valence-corrected chi connectivity index (χ4v) is 2.23. The number of ether oxygens (including phenoxy) is 2. The van der Waals surface area contributed by atoms with Gasteiger partial charge in [-0.1, -0.05) is 0 Å². The molecule has 1 fully saturated rings. The largest absolute Gasteiger partial charge is 0.388 e. The van der Waals surface area contributed by atoms with Crippen molar-refractivity contribution in [2.45, 2.75) is 37.6 Å². The lowest BCUT2D eigenvalue weighted by atomic mass is 9.97. The molecule has 118 valence electrons. The van der Waals surface area contributed by atoms with Crippen LogP contribution in [-0.4, -0.2) is 75.2 Å². The van der Waals surface area contributed by atoms with Gasteiger partial charge in [0.05, 0.1) is 12.9 Å². The van der Waals surface area contributed by atoms with E-state index in [0.717, 1.165) is 6.26 Å². The quantitative estimate of drug-likeness (QED) is 0.477. The van der Waals surface area contributed by atoms with Crippen LogP contribution in [0.25, 0.3) is 0 Å². The standard InChI is InChI=1S/C10H19NO8S/c1-5(12)11-7-9(14)8(13)6(19-10(7)17-2)4-18-20(3,15)16/h6-10,13-14H,4H2,1-3H3,(H,11,12)/t6-,7-,8-,9-,10+/m1/s1. The van der Waals surface area contributed by atoms with Crippen molar-refractivity contribution in [3.63, 3.8) is 0 Å². The molecule has 3 N–H and O–H groups in total. The lowest BCUT2D eigenvalue weighted by Gasteiger charge is -2.41. The number of hydrogen-bond donors (Lipinski definition) is 3. The van der Waals surface area contributed by atoms with E-state index in [1.165, 1.54) is 14.0 Å². The number of methoxy groups -OCH3 is 1. The lowest BCUT2D eigenvalue weighted by molar-refractivity contribution is -0.261. The summed E-state index contributed by atoms with van der Waals surface area (Å²) in [6, 6.07) is -0.970. The zero-order valence-electron chi connectivity index (χ0n) is 11.3. The normalized spacial score (nSPS) is 34.8. The molecule has 1 aliphatic heterocycles. The van der Waals surface area contributed by atoms with E-state index in [9.17, 15) is 23.4 Å². The maximum absolute atomic E-state index is 11.0. The highest BCUT2D eigenvalue weighted by Crippen LogP contribution is 2.22. The number of amides is 1. The molecule has 5 atom stereocenters. The maximum atomic E-state index is 11.0. The molecule has 0 unspecified atom stereocenters. The molecule has 0 aromatic rings. The first-order valence-corrected chi connectivity index (χ1v) is 7.63. The predicted molar refractivity (Wildman–Crippen MR) is 66.1 cm³/mol. The minimum atomic E-state index is -3.70. The second-order valence-corrected chi connectivity index (χ2v) is 6.12. The summed E-state index contributed by atoms with van der Waals surface area (Å²) in [5.74, 6) is -0.433. The fraction of sp³-hybridized carbons (Fsp3) is 0.900. The minimum Gasteiger partial charge on any atom is -0.388 e. The van der Waals surface area contributed by atoms with Crippen LogP contribution in [0.3, 0.4) is 0 Å². The van der Waals surface area contributed by atoms with E-state index < -0.39 is 53.3 Å². The van der Waals surface area contributed by atoms with Gasteiger partial charge >= 0.3 is 0 Å². The van der Waals surface area contributed by atoms with E-state index in [-0.39, 0.29) is 0 Å². The van der Waals surface area contributed by atoms with E-state index in [2.05, 4.69) is 9.50 Å². The third kappa shape index (κ3) is 4.65. The second kappa shape index (κ2) is 6.78. The fourth-order valence-electron chi connectivity index (χ4n) is 1.85. The Morgan fingerprint density at radius 2 is 1.95 bits per heavy atom. The van der Waals surface area contributed by atoms with Crippen molar-refractivity contribution < 1.29 is 37.1 Å². The van der Waals surface area contributed by atoms with Crippen molar-refractivity contribution in [2.75, 3.05) is 20.0 Å². The smallest absolute Gasteiger partial charge is 0.264 e. The van der Waals surface area contributed by atoms with Gasteiger partial charge in [-0.3, -0.25) is 8.98 Å². The molecule has 20 heavy (non-hydrogen) atoms. The number of rotatable bonds is 5. The van der Waals surface area contributed by atoms with Crippen molar-refractivity contribution >= 4 is 16.0 Å². The van der Waals surface area contributed by atoms with E-state index in [0.29, 0.717) is 0 Å². The number of carbonyl (C=O) groups is 1. The molecule has 10 heteroatoms. The van der Waals surface area contributed by atoms with Crippen LogP contribution in [0.5, 0.6) is 0 Å². The molecule has 1 heterocycles. The van der Waals surface area contributed by atoms with E-state index in [1.54, 1.807) is 0 Å². The van der Waals surface area contributed by atoms with Gasteiger partial charge in [0.15, 0.2) is 6.29 Å². The summed E-state index contributed by atoms with van der Waals surface area (Å²) in [5.41, 5.74) is 0. The monoisotopic (exact) mass is 313 g/mol. The molecular weight excluding hydrogens is 294 g/mol. The highest BCUT2D eigenvalue weighted by molar-refractivity contribution is 7.85. The Kier molecular flexibility index (Phi) is 5.86. The molecule has 9 nitrogen and oxygen atoms in total. The molecular formula is C10H19NO8S. The number of aliphatic hydroxyl groups is 2. The predicted octanol–water partition coefficient (Wildman–Crippen LogP) is -2.44.